The maximum absolute atomic E-state index is 8.00. The van der Waals surface area contributed by atoms with Crippen LogP contribution in [0.25, 0.3) is 10.4 Å². The second kappa shape index (κ2) is 4.97. The Morgan fingerprint density at radius 3 is 3.14 bits per heavy atom. The van der Waals surface area contributed by atoms with Crippen molar-refractivity contribution in [3.05, 3.63) is 33.4 Å². The van der Waals surface area contributed by atoms with Crippen molar-refractivity contribution < 1.29 is 0 Å². The summed E-state index contributed by atoms with van der Waals surface area (Å²) < 4.78 is 0. The van der Waals surface area contributed by atoms with Gasteiger partial charge >= 0.3 is 0 Å². The first-order chi connectivity index (χ1) is 6.75. The summed E-state index contributed by atoms with van der Waals surface area (Å²) in [5, 5.41) is 3.50. The molecule has 0 aliphatic carbocycles. The van der Waals surface area contributed by atoms with E-state index in [-0.39, 0.29) is 11.7 Å². The van der Waals surface area contributed by atoms with Gasteiger partial charge in [-0.05, 0) is 11.6 Å². The number of hydrogen-bond acceptors (Lipinski definition) is 3. The van der Waals surface area contributed by atoms with Crippen LogP contribution >= 0.6 is 11.6 Å². The number of anilines is 1. The van der Waals surface area contributed by atoms with E-state index in [9.17, 15) is 0 Å². The highest BCUT2D eigenvalue weighted by Crippen LogP contribution is 2.17. The van der Waals surface area contributed by atoms with Crippen LogP contribution in [0.15, 0.2) is 17.4 Å². The van der Waals surface area contributed by atoms with E-state index in [2.05, 4.69) is 26.9 Å². The third-order valence-electron chi connectivity index (χ3n) is 1.36. The third-order valence-corrected chi connectivity index (χ3v) is 1.65. The molecule has 14 heavy (non-hydrogen) atoms. The van der Waals surface area contributed by atoms with Crippen LogP contribution in [0.2, 0.25) is 5.15 Å². The first-order valence-electron chi connectivity index (χ1n) is 3.65. The highest BCUT2D eigenvalue weighted by Gasteiger charge is 2.00. The second-order valence-electron chi connectivity index (χ2n) is 2.26. The number of nitrogen functional groups attached to an aromatic ring is 1. The van der Waals surface area contributed by atoms with E-state index in [1.165, 1.54) is 6.20 Å². The number of rotatable bonds is 1. The van der Waals surface area contributed by atoms with Crippen molar-refractivity contribution in [2.45, 2.75) is 0 Å². The van der Waals surface area contributed by atoms with Crippen LogP contribution in [0.4, 0.5) is 5.69 Å². The number of nitrogens with zero attached hydrogens (tertiary/aromatic N) is 4. The molecule has 0 radical (unpaired) electrons. The predicted molar refractivity (Wildman–Crippen MR) is 54.6 cm³/mol. The van der Waals surface area contributed by atoms with Crippen molar-refractivity contribution in [2.75, 3.05) is 12.3 Å². The number of nitrogens with two attached hydrogens (primary N) is 1. The number of pyridine rings is 1. The lowest BCUT2D eigenvalue weighted by molar-refractivity contribution is 1.25. The van der Waals surface area contributed by atoms with Crippen molar-refractivity contribution >= 4 is 17.3 Å². The molecule has 0 unspecified atom stereocenters. The monoisotopic (exact) mass is 207 g/mol. The summed E-state index contributed by atoms with van der Waals surface area (Å²) in [5.41, 5.74) is 14.5. The zero-order valence-electron chi connectivity index (χ0n) is 7.11. The van der Waals surface area contributed by atoms with Gasteiger partial charge in [0.05, 0.1) is 17.8 Å². The third kappa shape index (κ3) is 2.56. The molecule has 0 saturated heterocycles. The quantitative estimate of drug-likeness (QED) is 0.251. The molecule has 0 bridgehead atoms. The van der Waals surface area contributed by atoms with Crippen molar-refractivity contribution in [3.63, 3.8) is 0 Å². The Balaban J connectivity index is 2.94. The van der Waals surface area contributed by atoms with Gasteiger partial charge in [0.25, 0.3) is 0 Å². The van der Waals surface area contributed by atoms with Gasteiger partial charge in [-0.25, -0.2) is 4.98 Å². The van der Waals surface area contributed by atoms with Crippen LogP contribution in [0.5, 0.6) is 0 Å². The van der Waals surface area contributed by atoms with Gasteiger partial charge < -0.3 is 5.73 Å². The fourth-order valence-corrected chi connectivity index (χ4v) is 0.981. The van der Waals surface area contributed by atoms with E-state index >= 15 is 0 Å². The normalized spacial score (nSPS) is 8.36. The lowest BCUT2D eigenvalue weighted by Crippen LogP contribution is -1.92. The molecule has 1 aromatic heterocycles. The van der Waals surface area contributed by atoms with Gasteiger partial charge in [-0.3, -0.25) is 0 Å². The van der Waals surface area contributed by atoms with Gasteiger partial charge in [0.1, 0.15) is 5.15 Å². The van der Waals surface area contributed by atoms with Gasteiger partial charge in [-0.1, -0.05) is 28.6 Å². The molecule has 0 fully saturated rings. The van der Waals surface area contributed by atoms with Crippen LogP contribution in [0.3, 0.4) is 0 Å². The zero-order valence-corrected chi connectivity index (χ0v) is 7.86. The summed E-state index contributed by atoms with van der Waals surface area (Å²) in [6.45, 7) is 0.0845. The summed E-state index contributed by atoms with van der Waals surface area (Å²) in [6.07, 6.45) is 1.50. The van der Waals surface area contributed by atoms with Gasteiger partial charge in [0.2, 0.25) is 0 Å². The van der Waals surface area contributed by atoms with Gasteiger partial charge in [0.15, 0.2) is 0 Å². The Morgan fingerprint density at radius 1 is 1.71 bits per heavy atom. The smallest absolute Gasteiger partial charge is 0.146 e. The zero-order chi connectivity index (χ0) is 10.4. The molecule has 6 heteroatoms. The fraction of sp³-hybridized carbons (Fsp3) is 0.125. The Labute approximate surface area is 85.5 Å². The van der Waals surface area contributed by atoms with Crippen LogP contribution in [-0.2, 0) is 0 Å². The summed E-state index contributed by atoms with van der Waals surface area (Å²) in [7, 11) is 0. The lowest BCUT2D eigenvalue weighted by Gasteiger charge is -1.97. The first-order valence-corrected chi connectivity index (χ1v) is 4.03. The molecule has 5 nitrogen and oxygen atoms in total. The molecule has 1 rings (SSSR count). The first kappa shape index (κ1) is 10.2. The summed E-state index contributed by atoms with van der Waals surface area (Å²) in [4.78, 5) is 6.37. The second-order valence-corrected chi connectivity index (χ2v) is 2.61. The van der Waals surface area contributed by atoms with Crippen molar-refractivity contribution in [3.8, 4) is 11.8 Å². The van der Waals surface area contributed by atoms with E-state index in [0.717, 1.165) is 0 Å². The Bertz CT molecular complexity index is 419. The average Bonchev–Trinajstić information content (AvgIpc) is 2.16. The minimum Gasteiger partial charge on any atom is -0.398 e. The SMILES string of the molecule is [N-]=[N+]=NCC#Cc1c(N)ccnc1Cl. The Morgan fingerprint density at radius 2 is 2.50 bits per heavy atom. The van der Waals surface area contributed by atoms with Gasteiger partial charge in [-0.2, -0.15) is 0 Å². The number of halogens is 1. The molecule has 1 heterocycles. The number of hydrogen-bond donors (Lipinski definition) is 1. The molecule has 0 spiro atoms. The minimum absolute atomic E-state index is 0.0845. The largest absolute Gasteiger partial charge is 0.398 e. The van der Waals surface area contributed by atoms with E-state index in [4.69, 9.17) is 22.9 Å². The van der Waals surface area contributed by atoms with E-state index < -0.39 is 0 Å². The number of aromatic nitrogens is 1. The number of azide groups is 1. The molecular formula is C8H6ClN5. The van der Waals surface area contributed by atoms with Gasteiger partial charge in [0, 0.05) is 11.1 Å². The molecule has 0 saturated carbocycles. The molecule has 0 atom stereocenters. The lowest BCUT2D eigenvalue weighted by atomic mass is 10.2. The van der Waals surface area contributed by atoms with Crippen molar-refractivity contribution in [1.82, 2.24) is 4.98 Å². The average molecular weight is 208 g/mol. The summed E-state index contributed by atoms with van der Waals surface area (Å²) in [6, 6.07) is 1.60. The highest BCUT2D eigenvalue weighted by molar-refractivity contribution is 6.30. The van der Waals surface area contributed by atoms with Crippen LogP contribution in [0.1, 0.15) is 5.56 Å². The topological polar surface area (TPSA) is 87.7 Å². The van der Waals surface area contributed by atoms with Gasteiger partial charge in [-0.15, -0.1) is 0 Å². The van der Waals surface area contributed by atoms with Crippen LogP contribution in [0, 0.1) is 11.8 Å². The molecule has 0 aliphatic heterocycles. The van der Waals surface area contributed by atoms with Crippen LogP contribution in [-0.4, -0.2) is 11.5 Å². The Hall–Kier alpha value is -1.89. The maximum atomic E-state index is 8.00. The van der Waals surface area contributed by atoms with E-state index in [0.29, 0.717) is 11.3 Å². The molecule has 70 valence electrons. The molecule has 0 amide bonds. The fourth-order valence-electron chi connectivity index (χ4n) is 0.769. The molecule has 2 N–H and O–H groups in total. The summed E-state index contributed by atoms with van der Waals surface area (Å²) in [5.74, 6) is 5.29. The standard InChI is InChI=1S/C8H6ClN5/c9-8-6(2-1-4-13-14-11)7(10)3-5-12-8/h3,5H,4H2,(H2,10,12). The van der Waals surface area contributed by atoms with Crippen LogP contribution < -0.4 is 5.73 Å². The predicted octanol–water partition coefficient (Wildman–Crippen LogP) is 1.98. The van der Waals surface area contributed by atoms with Crippen molar-refractivity contribution in [1.29, 1.82) is 0 Å². The molecule has 0 aromatic carbocycles. The summed E-state index contributed by atoms with van der Waals surface area (Å²) >= 11 is 5.75. The molecular weight excluding hydrogens is 202 g/mol. The van der Waals surface area contributed by atoms with E-state index in [1.807, 2.05) is 0 Å². The Kier molecular flexibility index (Phi) is 3.62. The molecule has 0 aliphatic rings. The minimum atomic E-state index is 0.0845. The maximum Gasteiger partial charge on any atom is 0.146 e. The highest BCUT2D eigenvalue weighted by atomic mass is 35.5. The van der Waals surface area contributed by atoms with Crippen molar-refractivity contribution in [2.24, 2.45) is 5.11 Å². The molecule has 1 aromatic rings. The van der Waals surface area contributed by atoms with E-state index in [1.54, 1.807) is 6.07 Å².